The summed E-state index contributed by atoms with van der Waals surface area (Å²) in [7, 11) is -9.62. The smallest absolute Gasteiger partial charge is 0.506 e. The summed E-state index contributed by atoms with van der Waals surface area (Å²) < 4.78 is 66.0. The van der Waals surface area contributed by atoms with Crippen LogP contribution < -0.4 is 0 Å². The van der Waals surface area contributed by atoms with Crippen LogP contribution in [0.2, 0.25) is 0 Å². The Morgan fingerprint density at radius 1 is 0.451 bits per heavy atom. The summed E-state index contributed by atoms with van der Waals surface area (Å²) in [6.45, 7) is 5.04. The number of hydrogen-bond acceptors (Lipinski definition) is 19. The molecule has 0 amide bonds. The summed E-state index contributed by atoms with van der Waals surface area (Å²) in [6.07, 6.45) is 13.5. The van der Waals surface area contributed by atoms with Crippen molar-refractivity contribution in [1.82, 2.24) is 4.90 Å². The summed E-state index contributed by atoms with van der Waals surface area (Å²) in [6, 6.07) is 28.3. The van der Waals surface area contributed by atoms with Crippen LogP contribution in [0, 0.1) is 20.2 Å². The fourth-order valence-corrected chi connectivity index (χ4v) is 10.3. The van der Waals surface area contributed by atoms with Gasteiger partial charge in [0, 0.05) is 99.2 Å². The topological polar surface area (TPSA) is 369 Å². The number of unbranched alkanes of at least 4 members (excludes halogenated alkanes) is 9. The van der Waals surface area contributed by atoms with Crippen molar-refractivity contribution in [3.8, 4) is 23.0 Å². The summed E-state index contributed by atoms with van der Waals surface area (Å²) in [4.78, 5) is 21.5. The largest absolute Gasteiger partial charge is 1.00 e. The molecule has 0 fully saturated rings. The molecule has 23 nitrogen and oxygen atoms in total. The minimum atomic E-state index is -4.81. The first-order valence-electron chi connectivity index (χ1n) is 25.7. The number of aliphatic hydroxyl groups excluding tert-OH is 2. The second-order valence-electron chi connectivity index (χ2n) is 18.6. The van der Waals surface area contributed by atoms with Crippen LogP contribution >= 0.6 is 0 Å². The second-order valence-corrected chi connectivity index (χ2v) is 21.4. The van der Waals surface area contributed by atoms with Crippen LogP contribution in [0.1, 0.15) is 75.4 Å². The summed E-state index contributed by atoms with van der Waals surface area (Å²) >= 11 is 0. The third-order valence-electron chi connectivity index (χ3n) is 13.0. The van der Waals surface area contributed by atoms with Crippen molar-refractivity contribution >= 4 is 97.5 Å². The molecule has 0 spiro atoms. The quantitative estimate of drug-likeness (QED) is 0.00969. The minimum absolute atomic E-state index is 0. The zero-order valence-electron chi connectivity index (χ0n) is 47.4. The number of rotatable bonds is 23. The molecule has 0 bridgehead atoms. The molecule has 0 aliphatic heterocycles. The predicted molar refractivity (Wildman–Crippen MR) is 310 cm³/mol. The van der Waals surface area contributed by atoms with Crippen LogP contribution in [0.3, 0.4) is 0 Å². The zero-order chi connectivity index (χ0) is 58.9. The molecule has 0 radical (unpaired) electrons. The van der Waals surface area contributed by atoms with Crippen LogP contribution in [0.15, 0.2) is 152 Å². The van der Waals surface area contributed by atoms with Gasteiger partial charge >= 0.3 is 4.28 Å². The molecule has 0 saturated carbocycles. The monoisotopic (exact) mass is 1210 g/mol. The number of aliphatic hydroxyl groups is 2. The number of nitro benzene ring substituents is 2. The van der Waals surface area contributed by atoms with Crippen molar-refractivity contribution in [2.45, 2.75) is 80.9 Å². The van der Waals surface area contributed by atoms with E-state index in [9.17, 15) is 66.6 Å². The number of hydrogen-bond donors (Lipinski definition) is 8. The molecular formula is C56H64CrN7O16S2+3. The van der Waals surface area contributed by atoms with Crippen molar-refractivity contribution in [3.05, 3.63) is 142 Å². The van der Waals surface area contributed by atoms with Crippen LogP contribution in [0.25, 0.3) is 43.1 Å². The molecule has 0 aliphatic rings. The van der Waals surface area contributed by atoms with E-state index in [-0.39, 0.29) is 90.6 Å². The zero-order valence-corrected chi connectivity index (χ0v) is 47.3. The van der Waals surface area contributed by atoms with Crippen molar-refractivity contribution < 1.29 is 88.1 Å². The second kappa shape index (κ2) is 30.3. The van der Waals surface area contributed by atoms with Gasteiger partial charge < -0.3 is 30.6 Å². The van der Waals surface area contributed by atoms with Crippen molar-refractivity contribution in [1.29, 1.82) is 0 Å². The Labute approximate surface area is 486 Å². The molecule has 8 aromatic carbocycles. The summed E-state index contributed by atoms with van der Waals surface area (Å²) in [5, 5.41) is 99.5. The first-order valence-corrected chi connectivity index (χ1v) is 28.6. The molecule has 0 atom stereocenters. The normalized spacial score (nSPS) is 11.7. The van der Waals surface area contributed by atoms with E-state index in [2.05, 4.69) is 32.3 Å². The number of phenols is 4. The molecule has 8 rings (SSSR count). The molecule has 26 heteroatoms. The van der Waals surface area contributed by atoms with Crippen LogP contribution in [-0.4, -0.2) is 104 Å². The maximum atomic E-state index is 11.7. The number of nitro groups is 2. The van der Waals surface area contributed by atoms with E-state index < -0.39 is 62.7 Å². The van der Waals surface area contributed by atoms with E-state index >= 15 is 0 Å². The first kappa shape index (κ1) is 65.0. The fourth-order valence-electron chi connectivity index (χ4n) is 8.90. The van der Waals surface area contributed by atoms with E-state index in [0.29, 0.717) is 23.9 Å². The van der Waals surface area contributed by atoms with Crippen molar-refractivity contribution in [2.24, 2.45) is 20.5 Å². The standard InChI is InChI=1S/2C20H13N3O7S.C16H35NO2.Cr/c2*24-16-8-5-11-3-1-2-4-13(11)19(16)21-22-20-14-7-6-12(23(26)27)9-15(14)18(10-17(20)25)31(28,29)30;1-2-3-4-5-6-7-8-9-10-11-12-17(13-15-18)14-16-19;/h2*1-10,24-25H,(H,28,29,30);18-19H,2-16H2,1H3;/p+3. The van der Waals surface area contributed by atoms with Gasteiger partial charge in [-0.1, -0.05) is 125 Å². The number of benzene rings is 8. The molecule has 0 unspecified atom stereocenters. The van der Waals surface area contributed by atoms with E-state index in [0.717, 1.165) is 53.7 Å². The van der Waals surface area contributed by atoms with E-state index in [1.54, 1.807) is 60.7 Å². The Balaban J connectivity index is 0.000000439. The Kier molecular flexibility index (Phi) is 24.1. The third-order valence-corrected chi connectivity index (χ3v) is 14.8. The number of nitrogens with zero attached hydrogens (tertiary/aromatic N) is 7. The molecule has 0 aromatic heterocycles. The number of aromatic hydroxyl groups is 4. The van der Waals surface area contributed by atoms with Gasteiger partial charge in [-0.15, -0.1) is 20.5 Å². The van der Waals surface area contributed by atoms with Gasteiger partial charge in [0.1, 0.15) is 55.5 Å². The summed E-state index contributed by atoms with van der Waals surface area (Å²) in [5.74, 6) is -1.59. The molecular weight excluding hydrogens is 1140 g/mol. The number of non-ortho nitro benzene ring substituents is 2. The number of phenolic OH excluding ortho intramolecular Hbond substituents is 4. The maximum absolute atomic E-state index is 11.7. The predicted octanol–water partition coefficient (Wildman–Crippen LogP) is 13.5. The molecule has 0 aliphatic carbocycles. The average molecular weight is 1210 g/mol. The molecule has 0 saturated heterocycles. The van der Waals surface area contributed by atoms with Gasteiger partial charge in [-0.25, -0.2) is 0 Å². The van der Waals surface area contributed by atoms with E-state index in [4.69, 9.17) is 10.2 Å². The van der Waals surface area contributed by atoms with Gasteiger partial charge in [0.15, 0.2) is 0 Å². The van der Waals surface area contributed by atoms with Gasteiger partial charge in [-0.2, -0.15) is 16.8 Å². The van der Waals surface area contributed by atoms with Gasteiger partial charge in [0.2, 0.25) is 0 Å². The molecule has 0 heterocycles. The van der Waals surface area contributed by atoms with Crippen LogP contribution in [0.4, 0.5) is 34.1 Å². The van der Waals surface area contributed by atoms with Gasteiger partial charge in [-0.3, -0.25) is 34.2 Å². The molecule has 434 valence electrons. The third kappa shape index (κ3) is 17.1. The maximum Gasteiger partial charge on any atom is 1.00 e. The van der Waals surface area contributed by atoms with Crippen molar-refractivity contribution in [2.75, 3.05) is 32.8 Å². The molecule has 82 heavy (non-hydrogen) atoms. The van der Waals surface area contributed by atoms with E-state index in [1.165, 1.54) is 88.5 Å². The van der Waals surface area contributed by atoms with Crippen molar-refractivity contribution in [3.63, 3.8) is 0 Å². The Morgan fingerprint density at radius 2 is 0.805 bits per heavy atom. The number of azo groups is 2. The van der Waals surface area contributed by atoms with Crippen LogP contribution in [-0.2, 0) is 37.6 Å². The Bertz CT molecular complexity index is 3630. The molecule has 8 aromatic rings. The Hall–Kier alpha value is -7.77. The number of fused-ring (bicyclic) bond motifs is 4. The van der Waals surface area contributed by atoms with Gasteiger partial charge in [-0.05, 0) is 48.0 Å². The van der Waals surface area contributed by atoms with Crippen LogP contribution in [0.5, 0.6) is 23.0 Å². The van der Waals surface area contributed by atoms with E-state index in [1.807, 2.05) is 0 Å². The van der Waals surface area contributed by atoms with Gasteiger partial charge in [0.05, 0.1) is 23.1 Å². The first-order chi connectivity index (χ1) is 38.7. The summed E-state index contributed by atoms with van der Waals surface area (Å²) in [5.41, 5.74) is -0.984. The average Bonchev–Trinajstić information content (AvgIpc) is 3.43. The molecule has 8 N–H and O–H groups in total. The SMILES string of the molecule is CCCCCCCCCCCCN(CCO)CCO.O=[N+]([O-])c1ccc2c(N=Nc3c(O)ccc4ccccc34)c(O)cc(S(=O)(=O)O)c2c1.O=[N+]([O-])c1ccc2c(N=Nc3c(O)ccc4ccccc34)c(O)cc(S(=O)(=O)O)c2c1.[Cr].[H+].[H+].[H+]. The fraction of sp³-hybridized carbons (Fsp3) is 0.286. The minimum Gasteiger partial charge on any atom is -0.506 e. The Morgan fingerprint density at radius 3 is 1.16 bits per heavy atom. The van der Waals surface area contributed by atoms with Gasteiger partial charge in [0.25, 0.3) is 31.6 Å².